The van der Waals surface area contributed by atoms with Crippen molar-refractivity contribution in [1.82, 2.24) is 10.2 Å². The van der Waals surface area contributed by atoms with E-state index in [2.05, 4.69) is 50.1 Å². The Balaban J connectivity index is 0. The molecule has 0 aromatic heterocycles. The minimum absolute atomic E-state index is 0. The molecule has 0 rings (SSSR count). The van der Waals surface area contributed by atoms with Crippen molar-refractivity contribution in [3.63, 3.8) is 0 Å². The lowest BCUT2D eigenvalue weighted by atomic mass is 10.0. The predicted molar refractivity (Wildman–Crippen MR) is 96.4 cm³/mol. The molecular weight excluding hydrogens is 351 g/mol. The average molecular weight is 384 g/mol. The van der Waals surface area contributed by atoms with Gasteiger partial charge in [-0.25, -0.2) is 0 Å². The zero-order valence-corrected chi connectivity index (χ0v) is 15.6. The fraction of sp³-hybridized carbons (Fsp3) is 0.929. The number of rotatable bonds is 9. The van der Waals surface area contributed by atoms with Crippen LogP contribution in [0.5, 0.6) is 0 Å². The zero-order chi connectivity index (χ0) is 14.0. The van der Waals surface area contributed by atoms with Gasteiger partial charge in [0, 0.05) is 12.6 Å². The van der Waals surface area contributed by atoms with Crippen LogP contribution >= 0.6 is 24.0 Å². The van der Waals surface area contributed by atoms with Gasteiger partial charge in [-0.15, -0.1) is 24.0 Å². The van der Waals surface area contributed by atoms with Crippen molar-refractivity contribution < 1.29 is 0 Å². The van der Waals surface area contributed by atoms with Crippen LogP contribution in [0, 0.1) is 5.92 Å². The second kappa shape index (κ2) is 13.0. The fourth-order valence-electron chi connectivity index (χ4n) is 1.79. The second-order valence-corrected chi connectivity index (χ2v) is 5.79. The summed E-state index contributed by atoms with van der Waals surface area (Å²) in [7, 11) is 4.14. The highest BCUT2D eigenvalue weighted by Gasteiger charge is 2.03. The Morgan fingerprint density at radius 3 is 2.32 bits per heavy atom. The van der Waals surface area contributed by atoms with Gasteiger partial charge in [0.2, 0.25) is 0 Å². The third kappa shape index (κ3) is 15.9. The summed E-state index contributed by atoms with van der Waals surface area (Å²) in [4.78, 5) is 6.50. The third-order valence-electron chi connectivity index (χ3n) is 2.86. The number of aliphatic imine (C=N–C) groups is 1. The monoisotopic (exact) mass is 384 g/mol. The van der Waals surface area contributed by atoms with Gasteiger partial charge < -0.3 is 16.0 Å². The van der Waals surface area contributed by atoms with Gasteiger partial charge in [-0.3, -0.25) is 4.99 Å². The normalized spacial score (nSPS) is 13.5. The van der Waals surface area contributed by atoms with Crippen LogP contribution in [-0.2, 0) is 0 Å². The lowest BCUT2D eigenvalue weighted by Crippen LogP contribution is -2.38. The zero-order valence-electron chi connectivity index (χ0n) is 13.3. The molecule has 0 aliphatic carbocycles. The lowest BCUT2D eigenvalue weighted by molar-refractivity contribution is 0.403. The average Bonchev–Trinajstić information content (AvgIpc) is 2.23. The van der Waals surface area contributed by atoms with E-state index in [4.69, 9.17) is 5.73 Å². The van der Waals surface area contributed by atoms with Gasteiger partial charge in [-0.05, 0) is 46.3 Å². The first-order chi connectivity index (χ1) is 8.41. The number of nitrogens with two attached hydrogens (primary N) is 1. The Bertz CT molecular complexity index is 229. The molecule has 3 N–H and O–H groups in total. The molecule has 0 heterocycles. The minimum atomic E-state index is 0. The van der Waals surface area contributed by atoms with Crippen molar-refractivity contribution in [2.75, 3.05) is 27.2 Å². The first-order valence-corrected chi connectivity index (χ1v) is 7.13. The molecule has 5 heteroatoms. The summed E-state index contributed by atoms with van der Waals surface area (Å²) in [5.74, 6) is 1.38. The molecule has 0 aromatic rings. The summed E-state index contributed by atoms with van der Waals surface area (Å²) in [5.41, 5.74) is 5.85. The Morgan fingerprint density at radius 1 is 1.16 bits per heavy atom. The molecule has 0 spiro atoms. The maximum Gasteiger partial charge on any atom is 0.188 e. The molecule has 0 aliphatic heterocycles. The number of guanidine groups is 1. The van der Waals surface area contributed by atoms with E-state index in [1.54, 1.807) is 0 Å². The molecular formula is C14H33IN4. The highest BCUT2D eigenvalue weighted by molar-refractivity contribution is 14.0. The van der Waals surface area contributed by atoms with Crippen molar-refractivity contribution in [2.45, 2.75) is 52.5 Å². The SMILES string of the molecule is CC(C)CCCC(C)NC(N)=NCCCN(C)C.I. The fourth-order valence-corrected chi connectivity index (χ4v) is 1.79. The van der Waals surface area contributed by atoms with Crippen LogP contribution in [0.15, 0.2) is 4.99 Å². The van der Waals surface area contributed by atoms with Crippen molar-refractivity contribution in [3.8, 4) is 0 Å². The van der Waals surface area contributed by atoms with E-state index in [1.165, 1.54) is 12.8 Å². The van der Waals surface area contributed by atoms with Crippen LogP contribution in [0.4, 0.5) is 0 Å². The molecule has 0 saturated heterocycles. The van der Waals surface area contributed by atoms with E-state index in [1.807, 2.05) is 0 Å². The Kier molecular flexibility index (Phi) is 14.5. The maximum absolute atomic E-state index is 5.85. The highest BCUT2D eigenvalue weighted by atomic mass is 127. The molecule has 0 bridgehead atoms. The minimum Gasteiger partial charge on any atom is -0.370 e. The quantitative estimate of drug-likeness (QED) is 0.278. The van der Waals surface area contributed by atoms with Crippen LogP contribution in [0.2, 0.25) is 0 Å². The summed E-state index contributed by atoms with van der Waals surface area (Å²) in [6.07, 6.45) is 4.74. The molecule has 1 atom stereocenters. The first kappa shape index (κ1) is 21.3. The molecule has 116 valence electrons. The maximum atomic E-state index is 5.85. The summed E-state index contributed by atoms with van der Waals surface area (Å²) in [6, 6.07) is 0.418. The van der Waals surface area contributed by atoms with E-state index < -0.39 is 0 Å². The van der Waals surface area contributed by atoms with E-state index in [-0.39, 0.29) is 24.0 Å². The largest absolute Gasteiger partial charge is 0.370 e. The lowest BCUT2D eigenvalue weighted by Gasteiger charge is -2.15. The van der Waals surface area contributed by atoms with Gasteiger partial charge in [0.05, 0.1) is 0 Å². The van der Waals surface area contributed by atoms with Crippen molar-refractivity contribution >= 4 is 29.9 Å². The number of hydrogen-bond donors (Lipinski definition) is 2. The van der Waals surface area contributed by atoms with E-state index in [0.717, 1.165) is 31.8 Å². The summed E-state index contributed by atoms with van der Waals surface area (Å²) < 4.78 is 0. The molecule has 0 aliphatic rings. The topological polar surface area (TPSA) is 53.6 Å². The van der Waals surface area contributed by atoms with Crippen LogP contribution in [0.3, 0.4) is 0 Å². The molecule has 0 amide bonds. The molecule has 19 heavy (non-hydrogen) atoms. The predicted octanol–water partition coefficient (Wildman–Crippen LogP) is 2.68. The summed E-state index contributed by atoms with van der Waals surface area (Å²) >= 11 is 0. The second-order valence-electron chi connectivity index (χ2n) is 5.79. The van der Waals surface area contributed by atoms with Gasteiger partial charge in [0.15, 0.2) is 5.96 Å². The van der Waals surface area contributed by atoms with E-state index >= 15 is 0 Å². The third-order valence-corrected chi connectivity index (χ3v) is 2.86. The van der Waals surface area contributed by atoms with Crippen molar-refractivity contribution in [3.05, 3.63) is 0 Å². The molecule has 4 nitrogen and oxygen atoms in total. The summed E-state index contributed by atoms with van der Waals surface area (Å²) in [5, 5.41) is 3.26. The number of halogens is 1. The Labute approximate surface area is 136 Å². The molecule has 0 fully saturated rings. The number of nitrogens with zero attached hydrogens (tertiary/aromatic N) is 2. The molecule has 1 unspecified atom stereocenters. The van der Waals surface area contributed by atoms with Crippen molar-refractivity contribution in [1.29, 1.82) is 0 Å². The van der Waals surface area contributed by atoms with Crippen LogP contribution in [-0.4, -0.2) is 44.1 Å². The van der Waals surface area contributed by atoms with Crippen LogP contribution in [0.1, 0.15) is 46.5 Å². The highest BCUT2D eigenvalue weighted by Crippen LogP contribution is 2.07. The number of nitrogens with one attached hydrogen (secondary N) is 1. The van der Waals surface area contributed by atoms with Crippen LogP contribution < -0.4 is 11.1 Å². The molecule has 0 saturated carbocycles. The molecule has 0 aromatic carbocycles. The standard InChI is InChI=1S/C14H32N4.HI/c1-12(2)8-6-9-13(3)17-14(15)16-10-7-11-18(4)5;/h12-13H,6-11H2,1-5H3,(H3,15,16,17);1H. The van der Waals surface area contributed by atoms with E-state index in [9.17, 15) is 0 Å². The van der Waals surface area contributed by atoms with Crippen LogP contribution in [0.25, 0.3) is 0 Å². The van der Waals surface area contributed by atoms with Gasteiger partial charge in [-0.1, -0.05) is 26.7 Å². The number of hydrogen-bond acceptors (Lipinski definition) is 2. The molecule has 0 radical (unpaired) electrons. The smallest absolute Gasteiger partial charge is 0.188 e. The van der Waals surface area contributed by atoms with E-state index in [0.29, 0.717) is 12.0 Å². The van der Waals surface area contributed by atoms with Gasteiger partial charge >= 0.3 is 0 Å². The summed E-state index contributed by atoms with van der Waals surface area (Å²) in [6.45, 7) is 8.55. The van der Waals surface area contributed by atoms with Gasteiger partial charge in [0.1, 0.15) is 0 Å². The van der Waals surface area contributed by atoms with Gasteiger partial charge in [-0.2, -0.15) is 0 Å². The Hall–Kier alpha value is -0.0400. The van der Waals surface area contributed by atoms with Gasteiger partial charge in [0.25, 0.3) is 0 Å². The Morgan fingerprint density at radius 2 is 1.79 bits per heavy atom. The first-order valence-electron chi connectivity index (χ1n) is 7.13. The van der Waals surface area contributed by atoms with Crippen molar-refractivity contribution in [2.24, 2.45) is 16.6 Å².